The van der Waals surface area contributed by atoms with Gasteiger partial charge < -0.3 is 4.74 Å². The first-order chi connectivity index (χ1) is 13.0. The molecule has 1 fully saturated rings. The predicted octanol–water partition coefficient (Wildman–Crippen LogP) is 3.09. The second kappa shape index (κ2) is 8.82. The molecule has 5 nitrogen and oxygen atoms in total. The summed E-state index contributed by atoms with van der Waals surface area (Å²) < 4.78 is 45.3. The molecule has 1 aliphatic heterocycles. The van der Waals surface area contributed by atoms with E-state index >= 15 is 0 Å². The second-order valence-corrected chi connectivity index (χ2v) is 8.55. The largest absolute Gasteiger partial charge is 0.497 e. The molecule has 0 aliphatic carbocycles. The van der Waals surface area contributed by atoms with Crippen LogP contribution in [0.3, 0.4) is 0 Å². The molecule has 1 N–H and O–H groups in total. The molecule has 1 heterocycles. The molecule has 1 unspecified atom stereocenters. The van der Waals surface area contributed by atoms with Crippen LogP contribution >= 0.6 is 0 Å². The van der Waals surface area contributed by atoms with Gasteiger partial charge in [-0.15, -0.1) is 0 Å². The molecule has 0 saturated carbocycles. The van der Waals surface area contributed by atoms with Crippen molar-refractivity contribution in [2.24, 2.45) is 0 Å². The van der Waals surface area contributed by atoms with Crippen molar-refractivity contribution < 1.29 is 17.5 Å². The Morgan fingerprint density at radius 1 is 1.15 bits per heavy atom. The van der Waals surface area contributed by atoms with E-state index in [1.54, 1.807) is 7.11 Å². The lowest BCUT2D eigenvalue weighted by Gasteiger charge is -2.25. The molecular formula is C20H25FN2O3S. The van der Waals surface area contributed by atoms with E-state index in [1.807, 2.05) is 12.1 Å². The van der Waals surface area contributed by atoms with Crippen LogP contribution in [0.15, 0.2) is 48.5 Å². The van der Waals surface area contributed by atoms with Crippen LogP contribution in [0.4, 0.5) is 4.39 Å². The van der Waals surface area contributed by atoms with E-state index in [9.17, 15) is 12.8 Å². The standard InChI is InChI=1S/C20H25FN2O3S/c1-26-19-10-6-17(7-11-19)20-3-2-13-23(20)14-12-22-27(24,25)15-16-4-8-18(21)9-5-16/h4-11,20,22H,2-3,12-15H2,1H3. The Morgan fingerprint density at radius 2 is 1.85 bits per heavy atom. The average molecular weight is 392 g/mol. The normalized spacial score (nSPS) is 17.9. The maximum absolute atomic E-state index is 12.9. The molecular weight excluding hydrogens is 367 g/mol. The molecule has 0 aromatic heterocycles. The fourth-order valence-electron chi connectivity index (χ4n) is 3.49. The molecule has 3 rings (SSSR count). The van der Waals surface area contributed by atoms with Gasteiger partial charge in [-0.1, -0.05) is 24.3 Å². The number of rotatable bonds is 8. The van der Waals surface area contributed by atoms with Crippen molar-refractivity contribution in [1.29, 1.82) is 0 Å². The number of hydrogen-bond acceptors (Lipinski definition) is 4. The number of nitrogens with zero attached hydrogens (tertiary/aromatic N) is 1. The fourth-order valence-corrected chi connectivity index (χ4v) is 4.63. The van der Waals surface area contributed by atoms with Gasteiger partial charge in [-0.2, -0.15) is 0 Å². The lowest BCUT2D eigenvalue weighted by atomic mass is 10.0. The quantitative estimate of drug-likeness (QED) is 0.750. The summed E-state index contributed by atoms with van der Waals surface area (Å²) in [6, 6.07) is 13.9. The highest BCUT2D eigenvalue weighted by Gasteiger charge is 2.26. The summed E-state index contributed by atoms with van der Waals surface area (Å²) in [5.74, 6) is 0.314. The molecule has 0 bridgehead atoms. The first-order valence-corrected chi connectivity index (χ1v) is 10.7. The minimum atomic E-state index is -3.45. The summed E-state index contributed by atoms with van der Waals surface area (Å²) in [7, 11) is -1.80. The second-order valence-electron chi connectivity index (χ2n) is 6.75. The molecule has 0 amide bonds. The fraction of sp³-hybridized carbons (Fsp3) is 0.400. The van der Waals surface area contributed by atoms with Gasteiger partial charge in [-0.3, -0.25) is 4.90 Å². The van der Waals surface area contributed by atoms with Crippen molar-refractivity contribution >= 4 is 10.0 Å². The Hall–Kier alpha value is -1.96. The van der Waals surface area contributed by atoms with E-state index in [0.717, 1.165) is 25.1 Å². The summed E-state index contributed by atoms with van der Waals surface area (Å²) in [5, 5.41) is 0. The van der Waals surface area contributed by atoms with Crippen molar-refractivity contribution in [3.05, 3.63) is 65.5 Å². The highest BCUT2D eigenvalue weighted by atomic mass is 32.2. The maximum atomic E-state index is 12.9. The number of nitrogens with one attached hydrogen (secondary N) is 1. The van der Waals surface area contributed by atoms with Crippen LogP contribution in [0.25, 0.3) is 0 Å². The Morgan fingerprint density at radius 3 is 2.52 bits per heavy atom. The van der Waals surface area contributed by atoms with Crippen molar-refractivity contribution in [1.82, 2.24) is 9.62 Å². The maximum Gasteiger partial charge on any atom is 0.215 e. The van der Waals surface area contributed by atoms with Crippen molar-refractivity contribution in [3.8, 4) is 5.75 Å². The summed E-state index contributed by atoms with van der Waals surface area (Å²) in [6.07, 6.45) is 2.16. The zero-order chi connectivity index (χ0) is 19.3. The molecule has 2 aromatic rings. The first-order valence-electron chi connectivity index (χ1n) is 9.06. The first kappa shape index (κ1) is 19.8. The Balaban J connectivity index is 1.53. The van der Waals surface area contributed by atoms with Gasteiger partial charge >= 0.3 is 0 Å². The molecule has 7 heteroatoms. The highest BCUT2D eigenvalue weighted by molar-refractivity contribution is 7.88. The van der Waals surface area contributed by atoms with Gasteiger partial charge in [0.15, 0.2) is 0 Å². The molecule has 2 aromatic carbocycles. The molecule has 0 radical (unpaired) electrons. The van der Waals surface area contributed by atoms with Crippen molar-refractivity contribution in [2.75, 3.05) is 26.7 Å². The van der Waals surface area contributed by atoms with Crippen molar-refractivity contribution in [2.45, 2.75) is 24.6 Å². The van der Waals surface area contributed by atoms with Crippen molar-refractivity contribution in [3.63, 3.8) is 0 Å². The molecule has 146 valence electrons. The summed E-state index contributed by atoms with van der Waals surface area (Å²) in [4.78, 5) is 2.31. The van der Waals surface area contributed by atoms with Crippen LogP contribution in [-0.2, 0) is 15.8 Å². The Bertz CT molecular complexity index is 839. The predicted molar refractivity (Wildman–Crippen MR) is 104 cm³/mol. The molecule has 1 saturated heterocycles. The number of ether oxygens (including phenoxy) is 1. The van der Waals surface area contributed by atoms with E-state index in [4.69, 9.17) is 4.74 Å². The number of halogens is 1. The topological polar surface area (TPSA) is 58.6 Å². The van der Waals surface area contributed by atoms with E-state index in [-0.39, 0.29) is 11.6 Å². The average Bonchev–Trinajstić information content (AvgIpc) is 3.12. The highest BCUT2D eigenvalue weighted by Crippen LogP contribution is 2.32. The number of benzene rings is 2. The van der Waals surface area contributed by atoms with Crippen LogP contribution in [0, 0.1) is 5.82 Å². The van der Waals surface area contributed by atoms with E-state index < -0.39 is 10.0 Å². The summed E-state index contributed by atoms with van der Waals surface area (Å²) in [5.41, 5.74) is 1.80. The lowest BCUT2D eigenvalue weighted by Crippen LogP contribution is -2.35. The SMILES string of the molecule is COc1ccc(C2CCCN2CCNS(=O)(=O)Cc2ccc(F)cc2)cc1. The van der Waals surface area contributed by atoms with Gasteiger partial charge in [0.05, 0.1) is 12.9 Å². The molecule has 1 aliphatic rings. The van der Waals surface area contributed by atoms with Gasteiger partial charge in [0.25, 0.3) is 0 Å². The van der Waals surface area contributed by atoms with E-state index in [2.05, 4.69) is 21.8 Å². The number of likely N-dealkylation sites (tertiary alicyclic amines) is 1. The Kier molecular flexibility index (Phi) is 6.46. The molecule has 27 heavy (non-hydrogen) atoms. The third-order valence-electron chi connectivity index (χ3n) is 4.86. The van der Waals surface area contributed by atoms with Crippen LogP contribution in [0.2, 0.25) is 0 Å². The minimum Gasteiger partial charge on any atom is -0.497 e. The Labute approximate surface area is 160 Å². The van der Waals surface area contributed by atoms with E-state index in [1.165, 1.54) is 29.8 Å². The van der Waals surface area contributed by atoms with Gasteiger partial charge in [-0.25, -0.2) is 17.5 Å². The minimum absolute atomic E-state index is 0.144. The monoisotopic (exact) mass is 392 g/mol. The third kappa shape index (κ3) is 5.51. The summed E-state index contributed by atoms with van der Waals surface area (Å²) in [6.45, 7) is 1.96. The third-order valence-corrected chi connectivity index (χ3v) is 6.21. The molecule has 0 spiro atoms. The van der Waals surface area contributed by atoms with Crippen LogP contribution in [0.1, 0.15) is 30.0 Å². The number of methoxy groups -OCH3 is 1. The smallest absolute Gasteiger partial charge is 0.215 e. The summed E-state index contributed by atoms with van der Waals surface area (Å²) >= 11 is 0. The van der Waals surface area contributed by atoms with Gasteiger partial charge in [-0.05, 0) is 54.8 Å². The van der Waals surface area contributed by atoms with Crippen LogP contribution in [-0.4, -0.2) is 40.1 Å². The van der Waals surface area contributed by atoms with Gasteiger partial charge in [0.1, 0.15) is 11.6 Å². The number of hydrogen-bond donors (Lipinski definition) is 1. The molecule has 1 atom stereocenters. The lowest BCUT2D eigenvalue weighted by molar-refractivity contribution is 0.261. The van der Waals surface area contributed by atoms with Crippen LogP contribution in [0.5, 0.6) is 5.75 Å². The number of sulfonamides is 1. The zero-order valence-corrected chi connectivity index (χ0v) is 16.2. The van der Waals surface area contributed by atoms with E-state index in [0.29, 0.717) is 24.7 Å². The van der Waals surface area contributed by atoms with Crippen LogP contribution < -0.4 is 9.46 Å². The van der Waals surface area contributed by atoms with Gasteiger partial charge in [0.2, 0.25) is 10.0 Å². The van der Waals surface area contributed by atoms with Gasteiger partial charge in [0, 0.05) is 19.1 Å². The zero-order valence-electron chi connectivity index (χ0n) is 15.4.